The highest BCUT2D eigenvalue weighted by Gasteiger charge is 2.38. The number of rotatable bonds is 3. The number of furan rings is 1. The molecule has 1 aliphatic heterocycles. The Morgan fingerprint density at radius 1 is 1.67 bits per heavy atom. The maximum absolute atomic E-state index is 12.0. The van der Waals surface area contributed by atoms with Gasteiger partial charge in [0, 0.05) is 6.08 Å². The van der Waals surface area contributed by atoms with Crippen molar-refractivity contribution >= 4 is 46.3 Å². The average Bonchev–Trinajstić information content (AvgIpc) is 2.88. The number of carboxylic acids is 1. The molecule has 1 aromatic heterocycles. The summed E-state index contributed by atoms with van der Waals surface area (Å²) in [4.78, 5) is 24.4. The van der Waals surface area contributed by atoms with Gasteiger partial charge in [-0.05, 0) is 19.1 Å². The average molecular weight is 283 g/mol. The summed E-state index contributed by atoms with van der Waals surface area (Å²) in [6, 6.07) is 2.43. The molecule has 2 rings (SSSR count). The Morgan fingerprint density at radius 3 is 2.94 bits per heavy atom. The fourth-order valence-electron chi connectivity index (χ4n) is 1.43. The van der Waals surface area contributed by atoms with Gasteiger partial charge in [0.1, 0.15) is 16.1 Å². The molecule has 2 heterocycles. The molecule has 1 fully saturated rings. The molecule has 1 atom stereocenters. The molecule has 0 bridgehead atoms. The zero-order valence-electron chi connectivity index (χ0n) is 9.32. The number of nitrogens with zero attached hydrogens (tertiary/aromatic N) is 1. The van der Waals surface area contributed by atoms with Gasteiger partial charge in [-0.25, -0.2) is 4.79 Å². The van der Waals surface area contributed by atoms with E-state index in [2.05, 4.69) is 0 Å². The van der Waals surface area contributed by atoms with Gasteiger partial charge in [-0.2, -0.15) is 0 Å². The van der Waals surface area contributed by atoms with Crippen LogP contribution in [0.4, 0.5) is 0 Å². The number of hydrogen-bond acceptors (Lipinski definition) is 5. The van der Waals surface area contributed by atoms with Crippen molar-refractivity contribution < 1.29 is 19.1 Å². The van der Waals surface area contributed by atoms with Gasteiger partial charge in [0.05, 0.1) is 11.2 Å². The van der Waals surface area contributed by atoms with Crippen LogP contribution < -0.4 is 0 Å². The van der Waals surface area contributed by atoms with Crippen molar-refractivity contribution in [2.75, 3.05) is 0 Å². The van der Waals surface area contributed by atoms with E-state index in [-0.39, 0.29) is 4.32 Å². The molecule has 94 valence electrons. The second-order valence-electron chi connectivity index (χ2n) is 3.58. The third-order valence-corrected chi connectivity index (χ3v) is 3.72. The lowest BCUT2D eigenvalue weighted by atomic mass is 10.3. The zero-order chi connectivity index (χ0) is 13.3. The van der Waals surface area contributed by atoms with Crippen LogP contribution in [-0.4, -0.2) is 32.2 Å². The molecule has 0 aliphatic carbocycles. The maximum atomic E-state index is 12.0. The first kappa shape index (κ1) is 12.8. The number of carbonyl (C=O) groups is 2. The highest BCUT2D eigenvalue weighted by atomic mass is 32.2. The minimum absolute atomic E-state index is 0.243. The SMILES string of the molecule is C[C@H](C(=O)O)N1C(=O)/C(=C\c2ccco2)SC1=S. The van der Waals surface area contributed by atoms with Gasteiger partial charge < -0.3 is 9.52 Å². The summed E-state index contributed by atoms with van der Waals surface area (Å²) in [5.41, 5.74) is 0. The lowest BCUT2D eigenvalue weighted by Gasteiger charge is -2.18. The largest absolute Gasteiger partial charge is 0.480 e. The van der Waals surface area contributed by atoms with Gasteiger partial charge in [0.2, 0.25) is 0 Å². The zero-order valence-corrected chi connectivity index (χ0v) is 11.0. The number of aliphatic carboxylic acids is 1. The first-order valence-corrected chi connectivity index (χ1v) is 6.26. The molecule has 1 amide bonds. The van der Waals surface area contributed by atoms with Gasteiger partial charge in [-0.3, -0.25) is 9.69 Å². The predicted molar refractivity (Wildman–Crippen MR) is 70.8 cm³/mol. The van der Waals surface area contributed by atoms with Gasteiger partial charge >= 0.3 is 5.97 Å². The van der Waals surface area contributed by atoms with Crippen LogP contribution in [0, 0.1) is 0 Å². The molecular formula is C11H9NO4S2. The Balaban J connectivity index is 2.27. The normalized spacial score (nSPS) is 19.6. The van der Waals surface area contributed by atoms with Crippen molar-refractivity contribution in [3.63, 3.8) is 0 Å². The summed E-state index contributed by atoms with van der Waals surface area (Å²) < 4.78 is 5.35. The Kier molecular flexibility index (Phi) is 3.53. The molecular weight excluding hydrogens is 274 g/mol. The number of carbonyl (C=O) groups excluding carboxylic acids is 1. The van der Waals surface area contributed by atoms with E-state index < -0.39 is 17.9 Å². The number of hydrogen-bond donors (Lipinski definition) is 1. The van der Waals surface area contributed by atoms with Crippen molar-refractivity contribution in [3.8, 4) is 0 Å². The van der Waals surface area contributed by atoms with Gasteiger partial charge in [-0.1, -0.05) is 24.0 Å². The quantitative estimate of drug-likeness (QED) is 0.675. The Bertz CT molecular complexity index is 535. The smallest absolute Gasteiger partial charge is 0.326 e. The molecule has 0 radical (unpaired) electrons. The van der Waals surface area contributed by atoms with Crippen molar-refractivity contribution in [1.29, 1.82) is 0 Å². The van der Waals surface area contributed by atoms with Crippen molar-refractivity contribution in [1.82, 2.24) is 4.90 Å². The van der Waals surface area contributed by atoms with E-state index in [0.717, 1.165) is 16.7 Å². The summed E-state index contributed by atoms with van der Waals surface area (Å²) in [6.45, 7) is 1.42. The topological polar surface area (TPSA) is 70.8 Å². The standard InChI is InChI=1S/C11H9NO4S2/c1-6(10(14)15)12-9(13)8(18-11(12)17)5-7-3-2-4-16-7/h2-6H,1H3,(H,14,15)/b8-5+/t6-/m1/s1. The van der Waals surface area contributed by atoms with E-state index in [1.54, 1.807) is 18.2 Å². The second-order valence-corrected chi connectivity index (χ2v) is 5.26. The third kappa shape index (κ3) is 2.32. The fraction of sp³-hybridized carbons (Fsp3) is 0.182. The molecule has 1 N–H and O–H groups in total. The Hall–Kier alpha value is -1.60. The highest BCUT2D eigenvalue weighted by molar-refractivity contribution is 8.26. The maximum Gasteiger partial charge on any atom is 0.326 e. The number of thiocarbonyl (C=S) groups is 1. The summed E-state index contributed by atoms with van der Waals surface area (Å²) in [6.07, 6.45) is 3.04. The van der Waals surface area contributed by atoms with Crippen LogP contribution in [0.3, 0.4) is 0 Å². The van der Waals surface area contributed by atoms with Crippen LogP contribution in [0.15, 0.2) is 27.7 Å². The van der Waals surface area contributed by atoms with Gasteiger partial charge in [-0.15, -0.1) is 0 Å². The van der Waals surface area contributed by atoms with Crippen LogP contribution in [0.5, 0.6) is 0 Å². The highest BCUT2D eigenvalue weighted by Crippen LogP contribution is 2.33. The molecule has 0 spiro atoms. The van der Waals surface area contributed by atoms with Crippen LogP contribution in [0.1, 0.15) is 12.7 Å². The Labute approximate surface area is 112 Å². The molecule has 0 unspecified atom stereocenters. The summed E-state index contributed by atoms with van der Waals surface area (Å²) >= 11 is 6.09. The molecule has 1 saturated heterocycles. The van der Waals surface area contributed by atoms with E-state index in [1.807, 2.05) is 0 Å². The summed E-state index contributed by atoms with van der Waals surface area (Å²) in [7, 11) is 0. The van der Waals surface area contributed by atoms with Crippen molar-refractivity contribution in [3.05, 3.63) is 29.1 Å². The number of carboxylic acid groups (broad SMARTS) is 1. The molecule has 7 heteroatoms. The molecule has 0 saturated carbocycles. The first-order chi connectivity index (χ1) is 8.50. The summed E-state index contributed by atoms with van der Waals surface area (Å²) in [5.74, 6) is -0.972. The fourth-order valence-corrected chi connectivity index (χ4v) is 2.83. The second kappa shape index (κ2) is 4.95. The lowest BCUT2D eigenvalue weighted by Crippen LogP contribution is -2.41. The van der Waals surface area contributed by atoms with E-state index >= 15 is 0 Å². The van der Waals surface area contributed by atoms with Gasteiger partial charge in [0.15, 0.2) is 0 Å². The van der Waals surface area contributed by atoms with Gasteiger partial charge in [0.25, 0.3) is 5.91 Å². The lowest BCUT2D eigenvalue weighted by molar-refractivity contribution is -0.144. The van der Waals surface area contributed by atoms with Crippen LogP contribution in [0.25, 0.3) is 6.08 Å². The van der Waals surface area contributed by atoms with Crippen LogP contribution in [-0.2, 0) is 9.59 Å². The minimum Gasteiger partial charge on any atom is -0.480 e. The monoisotopic (exact) mass is 283 g/mol. The van der Waals surface area contributed by atoms with Crippen molar-refractivity contribution in [2.24, 2.45) is 0 Å². The Morgan fingerprint density at radius 2 is 2.39 bits per heavy atom. The number of thioether (sulfide) groups is 1. The molecule has 1 aromatic rings. The van der Waals surface area contributed by atoms with E-state index in [1.165, 1.54) is 13.2 Å². The third-order valence-electron chi connectivity index (χ3n) is 2.38. The molecule has 0 aromatic carbocycles. The predicted octanol–water partition coefficient (Wildman–Crippen LogP) is 1.95. The summed E-state index contributed by atoms with van der Waals surface area (Å²) in [5, 5.41) is 8.92. The molecule has 1 aliphatic rings. The van der Waals surface area contributed by atoms with E-state index in [0.29, 0.717) is 10.7 Å². The first-order valence-electron chi connectivity index (χ1n) is 5.04. The number of amides is 1. The minimum atomic E-state index is -1.09. The van der Waals surface area contributed by atoms with Crippen molar-refractivity contribution in [2.45, 2.75) is 13.0 Å². The van der Waals surface area contributed by atoms with Crippen LogP contribution in [0.2, 0.25) is 0 Å². The van der Waals surface area contributed by atoms with E-state index in [9.17, 15) is 9.59 Å². The van der Waals surface area contributed by atoms with Crippen LogP contribution >= 0.6 is 24.0 Å². The molecule has 18 heavy (non-hydrogen) atoms. The molecule has 5 nitrogen and oxygen atoms in total. The van der Waals surface area contributed by atoms with E-state index in [4.69, 9.17) is 21.7 Å².